The van der Waals surface area contributed by atoms with Crippen molar-refractivity contribution in [1.82, 2.24) is 34.8 Å². The summed E-state index contributed by atoms with van der Waals surface area (Å²) in [6.45, 7) is 1.91. The normalized spacial score (nSPS) is 11.3. The molecular formula is C16H14ClN7OS. The van der Waals surface area contributed by atoms with Gasteiger partial charge in [0.25, 0.3) is 5.56 Å². The predicted molar refractivity (Wildman–Crippen MR) is 99.4 cm³/mol. The molecule has 132 valence electrons. The van der Waals surface area contributed by atoms with Crippen molar-refractivity contribution in [2.75, 3.05) is 0 Å². The van der Waals surface area contributed by atoms with Crippen LogP contribution in [0.4, 0.5) is 0 Å². The summed E-state index contributed by atoms with van der Waals surface area (Å²) in [6.07, 6.45) is 0. The van der Waals surface area contributed by atoms with E-state index in [9.17, 15) is 4.79 Å². The van der Waals surface area contributed by atoms with Gasteiger partial charge in [-0.15, -0.1) is 5.10 Å². The van der Waals surface area contributed by atoms with Crippen molar-refractivity contribution < 1.29 is 0 Å². The molecule has 3 heterocycles. The highest BCUT2D eigenvalue weighted by Gasteiger charge is 2.15. The van der Waals surface area contributed by atoms with Crippen LogP contribution in [0.15, 0.2) is 40.3 Å². The third-order valence-electron chi connectivity index (χ3n) is 3.91. The van der Waals surface area contributed by atoms with Crippen molar-refractivity contribution in [3.63, 3.8) is 0 Å². The maximum atomic E-state index is 12.5. The number of hydrogen-bond donors (Lipinski definition) is 1. The van der Waals surface area contributed by atoms with Gasteiger partial charge in [-0.2, -0.15) is 0 Å². The van der Waals surface area contributed by atoms with E-state index in [-0.39, 0.29) is 5.56 Å². The maximum absolute atomic E-state index is 12.5. The number of thioether (sulfide) groups is 1. The van der Waals surface area contributed by atoms with E-state index in [1.807, 2.05) is 31.2 Å². The molecule has 0 aliphatic rings. The molecule has 26 heavy (non-hydrogen) atoms. The molecule has 0 aliphatic carbocycles. The lowest BCUT2D eigenvalue weighted by Gasteiger charge is -2.03. The Morgan fingerprint density at radius 3 is 2.73 bits per heavy atom. The summed E-state index contributed by atoms with van der Waals surface area (Å²) in [6, 6.07) is 8.98. The molecule has 0 unspecified atom stereocenters. The van der Waals surface area contributed by atoms with Crippen molar-refractivity contribution in [3.8, 4) is 11.1 Å². The molecule has 8 nitrogen and oxygen atoms in total. The monoisotopic (exact) mass is 387 g/mol. The summed E-state index contributed by atoms with van der Waals surface area (Å²) in [4.78, 5) is 17.2. The van der Waals surface area contributed by atoms with Gasteiger partial charge >= 0.3 is 0 Å². The minimum absolute atomic E-state index is 0.162. The highest BCUT2D eigenvalue weighted by atomic mass is 35.5. The Morgan fingerprint density at radius 1 is 1.27 bits per heavy atom. The molecule has 1 aromatic carbocycles. The highest BCUT2D eigenvalue weighted by molar-refractivity contribution is 7.98. The lowest BCUT2D eigenvalue weighted by atomic mass is 10.1. The number of hydrogen-bond acceptors (Lipinski definition) is 6. The third-order valence-corrected chi connectivity index (χ3v) is 5.21. The molecule has 0 saturated carbocycles. The lowest BCUT2D eigenvalue weighted by molar-refractivity contribution is 0.664. The van der Waals surface area contributed by atoms with E-state index >= 15 is 0 Å². The number of H-pyrrole nitrogens is 1. The van der Waals surface area contributed by atoms with E-state index < -0.39 is 0 Å². The number of fused-ring (bicyclic) bond motifs is 1. The number of aryl methyl sites for hydroxylation is 2. The van der Waals surface area contributed by atoms with Gasteiger partial charge in [-0.1, -0.05) is 35.5 Å². The van der Waals surface area contributed by atoms with Crippen molar-refractivity contribution in [2.45, 2.75) is 17.8 Å². The number of aromatic amines is 1. The summed E-state index contributed by atoms with van der Waals surface area (Å²) in [5, 5.41) is 15.7. The first-order valence-corrected chi connectivity index (χ1v) is 9.11. The first-order valence-electron chi connectivity index (χ1n) is 7.75. The number of rotatable bonds is 4. The maximum Gasteiger partial charge on any atom is 0.272 e. The Kier molecular flexibility index (Phi) is 4.25. The molecule has 4 rings (SSSR count). The number of halogens is 1. The van der Waals surface area contributed by atoms with Crippen LogP contribution < -0.4 is 5.56 Å². The topological polar surface area (TPSA) is 93.8 Å². The number of nitrogens with one attached hydrogen (secondary N) is 1. The molecule has 10 heteroatoms. The zero-order valence-corrected chi connectivity index (χ0v) is 15.5. The number of aromatic nitrogens is 7. The Balaban J connectivity index is 1.77. The van der Waals surface area contributed by atoms with Crippen LogP contribution in [0, 0.1) is 6.92 Å². The Morgan fingerprint density at radius 2 is 2.04 bits per heavy atom. The second-order valence-corrected chi connectivity index (χ2v) is 7.12. The molecule has 3 aromatic heterocycles. The standard InChI is InChI=1S/C16H14ClN7OS/c1-9-14(10-3-5-11(17)6-4-10)15-18-12(7-13(25)24(15)20-9)8-26-16-19-21-22-23(16)2/h3-7,20H,8H2,1-2H3. The zero-order valence-electron chi connectivity index (χ0n) is 14.0. The summed E-state index contributed by atoms with van der Waals surface area (Å²) in [7, 11) is 1.77. The molecular weight excluding hydrogens is 374 g/mol. The minimum Gasteiger partial charge on any atom is -0.293 e. The van der Waals surface area contributed by atoms with Gasteiger partial charge in [0.2, 0.25) is 5.16 Å². The Hall–Kier alpha value is -2.65. The van der Waals surface area contributed by atoms with Crippen molar-refractivity contribution in [2.24, 2.45) is 7.05 Å². The Bertz CT molecular complexity index is 1150. The van der Waals surface area contributed by atoms with Crippen LogP contribution in [0.25, 0.3) is 16.8 Å². The second kappa shape index (κ2) is 6.58. The van der Waals surface area contributed by atoms with Crippen molar-refractivity contribution in [3.05, 3.63) is 57.1 Å². The van der Waals surface area contributed by atoms with Crippen LogP contribution >= 0.6 is 23.4 Å². The van der Waals surface area contributed by atoms with E-state index in [4.69, 9.17) is 11.6 Å². The molecule has 0 amide bonds. The highest BCUT2D eigenvalue weighted by Crippen LogP contribution is 2.28. The first kappa shape index (κ1) is 16.8. The molecule has 0 bridgehead atoms. The molecule has 0 saturated heterocycles. The van der Waals surface area contributed by atoms with Gasteiger partial charge in [0, 0.05) is 35.1 Å². The smallest absolute Gasteiger partial charge is 0.272 e. The van der Waals surface area contributed by atoms with Gasteiger partial charge in [0.05, 0.1) is 5.69 Å². The van der Waals surface area contributed by atoms with Crippen molar-refractivity contribution >= 4 is 29.0 Å². The number of benzene rings is 1. The summed E-state index contributed by atoms with van der Waals surface area (Å²) >= 11 is 7.41. The van der Waals surface area contributed by atoms with E-state index in [0.717, 1.165) is 16.8 Å². The van der Waals surface area contributed by atoms with Crippen LogP contribution in [0.1, 0.15) is 11.4 Å². The summed E-state index contributed by atoms with van der Waals surface area (Å²) in [5.41, 5.74) is 3.77. The largest absolute Gasteiger partial charge is 0.293 e. The van der Waals surface area contributed by atoms with Crippen LogP contribution in [-0.4, -0.2) is 34.8 Å². The summed E-state index contributed by atoms with van der Waals surface area (Å²) in [5.74, 6) is 0.490. The number of nitrogens with zero attached hydrogens (tertiary/aromatic N) is 6. The predicted octanol–water partition coefficient (Wildman–Crippen LogP) is 2.47. The minimum atomic E-state index is -0.162. The molecule has 0 fully saturated rings. The number of tetrazole rings is 1. The van der Waals surface area contributed by atoms with Gasteiger partial charge in [0.15, 0.2) is 5.65 Å². The van der Waals surface area contributed by atoms with Gasteiger partial charge < -0.3 is 0 Å². The van der Waals surface area contributed by atoms with Crippen LogP contribution in [-0.2, 0) is 12.8 Å². The second-order valence-electron chi connectivity index (χ2n) is 5.74. The molecule has 4 aromatic rings. The van der Waals surface area contributed by atoms with E-state index in [2.05, 4.69) is 25.6 Å². The van der Waals surface area contributed by atoms with Gasteiger partial charge in [0.1, 0.15) is 0 Å². The van der Waals surface area contributed by atoms with E-state index in [1.54, 1.807) is 11.7 Å². The fourth-order valence-corrected chi connectivity index (χ4v) is 3.58. The lowest BCUT2D eigenvalue weighted by Crippen LogP contribution is -2.15. The van der Waals surface area contributed by atoms with Gasteiger partial charge in [-0.05, 0) is 35.0 Å². The fourth-order valence-electron chi connectivity index (χ4n) is 2.71. The van der Waals surface area contributed by atoms with Crippen LogP contribution in [0.3, 0.4) is 0 Å². The molecule has 0 atom stereocenters. The average Bonchev–Trinajstić information content (AvgIpc) is 3.17. The van der Waals surface area contributed by atoms with E-state index in [1.165, 1.54) is 22.3 Å². The van der Waals surface area contributed by atoms with Crippen molar-refractivity contribution in [1.29, 1.82) is 0 Å². The molecule has 1 N–H and O–H groups in total. The molecule has 0 spiro atoms. The van der Waals surface area contributed by atoms with Gasteiger partial charge in [-0.25, -0.2) is 14.2 Å². The first-order chi connectivity index (χ1) is 12.5. The zero-order chi connectivity index (χ0) is 18.3. The average molecular weight is 388 g/mol. The quantitative estimate of drug-likeness (QED) is 0.540. The van der Waals surface area contributed by atoms with Crippen LogP contribution in [0.2, 0.25) is 5.02 Å². The molecule has 0 radical (unpaired) electrons. The van der Waals surface area contributed by atoms with Crippen LogP contribution in [0.5, 0.6) is 0 Å². The SMILES string of the molecule is Cc1[nH]n2c(=O)cc(CSc3nnnn3C)nc2c1-c1ccc(Cl)cc1. The Labute approximate surface area is 157 Å². The third kappa shape index (κ3) is 2.99. The fraction of sp³-hybridized carbons (Fsp3) is 0.188. The summed E-state index contributed by atoms with van der Waals surface area (Å²) < 4.78 is 3.03. The molecule has 0 aliphatic heterocycles. The van der Waals surface area contributed by atoms with E-state index in [0.29, 0.717) is 27.3 Å². The van der Waals surface area contributed by atoms with Gasteiger partial charge in [-0.3, -0.25) is 9.89 Å².